The molecular formula is C25H46O7. The third-order valence-corrected chi connectivity index (χ3v) is 5.45. The van der Waals surface area contributed by atoms with Crippen molar-refractivity contribution >= 4 is 17.9 Å². The molecule has 0 amide bonds. The van der Waals surface area contributed by atoms with Crippen molar-refractivity contribution in [3.05, 3.63) is 0 Å². The summed E-state index contributed by atoms with van der Waals surface area (Å²) in [6, 6.07) is 0. The first-order valence-corrected chi connectivity index (χ1v) is 12.5. The monoisotopic (exact) mass is 458 g/mol. The molecule has 0 aromatic heterocycles. The number of rotatable bonds is 20. The highest BCUT2D eigenvalue weighted by Gasteiger charge is 2.35. The zero-order valence-electron chi connectivity index (χ0n) is 20.7. The fourth-order valence-corrected chi connectivity index (χ4v) is 3.21. The summed E-state index contributed by atoms with van der Waals surface area (Å²) in [5, 5.41) is 9.36. The topological polar surface area (TPSA) is 99.1 Å². The Morgan fingerprint density at radius 3 is 1.72 bits per heavy atom. The number of carbonyl (C=O) groups is 3. The van der Waals surface area contributed by atoms with Crippen molar-refractivity contribution in [2.24, 2.45) is 11.8 Å². The number of aliphatic hydroxyl groups is 1. The van der Waals surface area contributed by atoms with Crippen LogP contribution in [-0.4, -0.2) is 48.9 Å². The number of ether oxygens (including phenoxy) is 3. The van der Waals surface area contributed by atoms with E-state index in [9.17, 15) is 19.5 Å². The predicted molar refractivity (Wildman–Crippen MR) is 124 cm³/mol. The molecule has 1 N–H and O–H groups in total. The summed E-state index contributed by atoms with van der Waals surface area (Å²) < 4.78 is 15.8. The van der Waals surface area contributed by atoms with Crippen LogP contribution < -0.4 is 0 Å². The highest BCUT2D eigenvalue weighted by Crippen LogP contribution is 2.21. The van der Waals surface area contributed by atoms with Gasteiger partial charge in [0.1, 0.15) is 0 Å². The highest BCUT2D eigenvalue weighted by atomic mass is 16.5. The average molecular weight is 459 g/mol. The van der Waals surface area contributed by atoms with Crippen LogP contribution in [0.1, 0.15) is 105 Å². The summed E-state index contributed by atoms with van der Waals surface area (Å²) in [6.45, 7) is 8.10. The van der Waals surface area contributed by atoms with E-state index in [1.807, 2.05) is 0 Å². The number of hydrogen-bond acceptors (Lipinski definition) is 7. The molecule has 0 rings (SSSR count). The van der Waals surface area contributed by atoms with Crippen LogP contribution >= 0.6 is 0 Å². The van der Waals surface area contributed by atoms with E-state index in [1.165, 1.54) is 0 Å². The Morgan fingerprint density at radius 2 is 1.19 bits per heavy atom. The second-order valence-corrected chi connectivity index (χ2v) is 8.62. The molecule has 0 heterocycles. The summed E-state index contributed by atoms with van der Waals surface area (Å²) in [4.78, 5) is 37.4. The van der Waals surface area contributed by atoms with E-state index >= 15 is 0 Å². The lowest BCUT2D eigenvalue weighted by Crippen LogP contribution is -2.33. The van der Waals surface area contributed by atoms with Gasteiger partial charge in [-0.15, -0.1) is 0 Å². The maximum absolute atomic E-state index is 12.6. The minimum absolute atomic E-state index is 0.0265. The molecule has 7 nitrogen and oxygen atoms in total. The molecule has 0 aromatic carbocycles. The van der Waals surface area contributed by atoms with Crippen molar-refractivity contribution < 1.29 is 33.7 Å². The molecule has 0 saturated carbocycles. The number of carbonyl (C=O) groups excluding carboxylic acids is 3. The lowest BCUT2D eigenvalue weighted by molar-refractivity contribution is -0.164. The molecule has 0 aliphatic carbocycles. The van der Waals surface area contributed by atoms with Crippen LogP contribution in [0.2, 0.25) is 0 Å². The maximum atomic E-state index is 12.6. The summed E-state index contributed by atoms with van der Waals surface area (Å²) in [5.41, 5.74) is 0. The Morgan fingerprint density at radius 1 is 0.688 bits per heavy atom. The van der Waals surface area contributed by atoms with Crippen molar-refractivity contribution in [2.45, 2.75) is 111 Å². The van der Waals surface area contributed by atoms with Crippen molar-refractivity contribution in [3.63, 3.8) is 0 Å². The molecule has 32 heavy (non-hydrogen) atoms. The lowest BCUT2D eigenvalue weighted by atomic mass is 9.91. The van der Waals surface area contributed by atoms with Crippen LogP contribution in [-0.2, 0) is 28.6 Å². The summed E-state index contributed by atoms with van der Waals surface area (Å²) in [7, 11) is 0. The SMILES string of the molecule is CCCCCCCOC(=O)CC(C(=O)OCCC(C)O)C(C)C(=O)OCCCCCCC. The molecule has 0 saturated heterocycles. The second kappa shape index (κ2) is 20.0. The standard InChI is InChI=1S/C25H46O7/c1-5-7-9-11-13-16-30-23(27)19-22(25(29)32-18-15-20(3)26)21(4)24(28)31-17-14-12-10-8-6-2/h20-22,26H,5-19H2,1-4H3. The zero-order valence-corrected chi connectivity index (χ0v) is 20.7. The van der Waals surface area contributed by atoms with Gasteiger partial charge in [-0.25, -0.2) is 0 Å². The Balaban J connectivity index is 4.67. The van der Waals surface area contributed by atoms with Crippen LogP contribution in [0.4, 0.5) is 0 Å². The zero-order chi connectivity index (χ0) is 24.2. The van der Waals surface area contributed by atoms with E-state index < -0.39 is 35.8 Å². The first-order valence-electron chi connectivity index (χ1n) is 12.5. The fraction of sp³-hybridized carbons (Fsp3) is 0.880. The minimum atomic E-state index is -0.968. The first kappa shape index (κ1) is 30.4. The summed E-state index contributed by atoms with van der Waals surface area (Å²) in [6.07, 6.45) is 9.82. The van der Waals surface area contributed by atoms with E-state index in [4.69, 9.17) is 14.2 Å². The van der Waals surface area contributed by atoms with Crippen molar-refractivity contribution in [1.29, 1.82) is 0 Å². The van der Waals surface area contributed by atoms with E-state index in [2.05, 4.69) is 13.8 Å². The van der Waals surface area contributed by atoms with Gasteiger partial charge in [-0.2, -0.15) is 0 Å². The van der Waals surface area contributed by atoms with Crippen LogP contribution in [0.3, 0.4) is 0 Å². The molecule has 0 radical (unpaired) electrons. The van der Waals surface area contributed by atoms with Crippen LogP contribution in [0.25, 0.3) is 0 Å². The van der Waals surface area contributed by atoms with Crippen molar-refractivity contribution in [2.75, 3.05) is 19.8 Å². The fourth-order valence-electron chi connectivity index (χ4n) is 3.21. The molecule has 0 aliphatic rings. The molecule has 7 heteroatoms. The van der Waals surface area contributed by atoms with Gasteiger partial charge in [-0.05, 0) is 19.8 Å². The Hall–Kier alpha value is -1.63. The third-order valence-electron chi connectivity index (χ3n) is 5.45. The maximum Gasteiger partial charge on any atom is 0.310 e. The molecule has 0 bridgehead atoms. The van der Waals surface area contributed by atoms with Crippen LogP contribution in [0.15, 0.2) is 0 Å². The van der Waals surface area contributed by atoms with E-state index in [0.29, 0.717) is 13.2 Å². The van der Waals surface area contributed by atoms with Crippen molar-refractivity contribution in [3.8, 4) is 0 Å². The summed E-state index contributed by atoms with van der Waals surface area (Å²) >= 11 is 0. The molecular weight excluding hydrogens is 412 g/mol. The van der Waals surface area contributed by atoms with E-state index in [0.717, 1.165) is 64.2 Å². The van der Waals surface area contributed by atoms with Crippen molar-refractivity contribution in [1.82, 2.24) is 0 Å². The van der Waals surface area contributed by atoms with Gasteiger partial charge < -0.3 is 19.3 Å². The largest absolute Gasteiger partial charge is 0.466 e. The van der Waals surface area contributed by atoms with Gasteiger partial charge in [0.05, 0.1) is 44.2 Å². The van der Waals surface area contributed by atoms with Crippen LogP contribution in [0.5, 0.6) is 0 Å². The second-order valence-electron chi connectivity index (χ2n) is 8.62. The van der Waals surface area contributed by atoms with Crippen LogP contribution in [0, 0.1) is 11.8 Å². The van der Waals surface area contributed by atoms with E-state index in [-0.39, 0.29) is 19.4 Å². The average Bonchev–Trinajstić information content (AvgIpc) is 2.75. The third kappa shape index (κ3) is 16.1. The van der Waals surface area contributed by atoms with Gasteiger partial charge in [0, 0.05) is 6.42 Å². The number of hydrogen-bond donors (Lipinski definition) is 1. The molecule has 3 atom stereocenters. The lowest BCUT2D eigenvalue weighted by Gasteiger charge is -2.21. The molecule has 188 valence electrons. The van der Waals surface area contributed by atoms with Gasteiger partial charge >= 0.3 is 17.9 Å². The number of esters is 3. The first-order chi connectivity index (χ1) is 15.3. The van der Waals surface area contributed by atoms with Gasteiger partial charge in [0.25, 0.3) is 0 Å². The Labute approximate surface area is 194 Å². The quantitative estimate of drug-likeness (QED) is 0.156. The van der Waals surface area contributed by atoms with Gasteiger partial charge in [0.2, 0.25) is 0 Å². The van der Waals surface area contributed by atoms with Gasteiger partial charge in [0.15, 0.2) is 0 Å². The van der Waals surface area contributed by atoms with Gasteiger partial charge in [-0.3, -0.25) is 14.4 Å². The minimum Gasteiger partial charge on any atom is -0.466 e. The number of unbranched alkanes of at least 4 members (excludes halogenated alkanes) is 8. The molecule has 0 aromatic rings. The van der Waals surface area contributed by atoms with E-state index in [1.54, 1.807) is 13.8 Å². The molecule has 3 unspecified atom stereocenters. The summed E-state index contributed by atoms with van der Waals surface area (Å²) in [5.74, 6) is -3.45. The number of aliphatic hydroxyl groups excluding tert-OH is 1. The smallest absolute Gasteiger partial charge is 0.310 e. The van der Waals surface area contributed by atoms with Gasteiger partial charge in [-0.1, -0.05) is 72.1 Å². The predicted octanol–water partition coefficient (Wildman–Crippen LogP) is 4.97. The Kier molecular flexibility index (Phi) is 19.0. The molecule has 0 fully saturated rings. The molecule has 0 aliphatic heterocycles. The normalized spacial score (nSPS) is 13.8. The molecule has 0 spiro atoms. The highest BCUT2D eigenvalue weighted by molar-refractivity contribution is 5.85. The Bertz CT molecular complexity index is 505.